The van der Waals surface area contributed by atoms with Crippen molar-refractivity contribution >= 4 is 46.9 Å². The second kappa shape index (κ2) is 13.7. The Morgan fingerprint density at radius 3 is 1.58 bits per heavy atom. The number of halogens is 4. The van der Waals surface area contributed by atoms with Crippen LogP contribution in [0.3, 0.4) is 0 Å². The van der Waals surface area contributed by atoms with Gasteiger partial charge in [-0.15, -0.1) is 0 Å². The van der Waals surface area contributed by atoms with E-state index in [1.807, 2.05) is 30.3 Å². The van der Waals surface area contributed by atoms with Gasteiger partial charge >= 0.3 is 7.25 Å². The van der Waals surface area contributed by atoms with Crippen LogP contribution >= 0.6 is 11.3 Å². The minimum Gasteiger partial charge on any atom is -0.497 e. The van der Waals surface area contributed by atoms with Crippen molar-refractivity contribution in [3.8, 4) is 11.5 Å². The minimum absolute atomic E-state index is 0.801. The van der Waals surface area contributed by atoms with Gasteiger partial charge in [0, 0.05) is 18.2 Å². The van der Waals surface area contributed by atoms with Gasteiger partial charge in [-0.2, -0.15) is 0 Å². The second-order valence-electron chi connectivity index (χ2n) is 7.69. The summed E-state index contributed by atoms with van der Waals surface area (Å²) in [6.07, 6.45) is 6.33. The van der Waals surface area contributed by atoms with Crippen LogP contribution in [0.1, 0.15) is 48.3 Å². The molecular weight excluding hydrogens is 489 g/mol. The van der Waals surface area contributed by atoms with E-state index in [4.69, 9.17) is 15.2 Å². The lowest BCUT2D eigenvalue weighted by Gasteiger charge is -2.07. The van der Waals surface area contributed by atoms with Crippen LogP contribution in [0.4, 0.5) is 22.3 Å². The van der Waals surface area contributed by atoms with Gasteiger partial charge in [0.2, 0.25) is 16.2 Å². The molecule has 2 N–H and O–H groups in total. The van der Waals surface area contributed by atoms with E-state index in [1.165, 1.54) is 22.3 Å². The van der Waals surface area contributed by atoms with Gasteiger partial charge in [-0.3, -0.25) is 0 Å². The van der Waals surface area contributed by atoms with E-state index in [2.05, 4.69) is 56.3 Å². The fourth-order valence-electron chi connectivity index (χ4n) is 3.48. The molecule has 0 unspecified atom stereocenters. The van der Waals surface area contributed by atoms with Gasteiger partial charge in [0.25, 0.3) is 5.00 Å². The molecule has 0 bridgehead atoms. The molecule has 3 rings (SSSR count). The fourth-order valence-corrected chi connectivity index (χ4v) is 4.35. The Hall–Kier alpha value is -3.33. The first-order valence-electron chi connectivity index (χ1n) is 11.4. The van der Waals surface area contributed by atoms with E-state index in [-0.39, 0.29) is 0 Å². The number of methoxy groups -OCH3 is 2. The predicted octanol–water partition coefficient (Wildman–Crippen LogP) is 8.83. The van der Waals surface area contributed by atoms with E-state index in [0.29, 0.717) is 0 Å². The smallest absolute Gasteiger partial charge is 0.497 e. The molecule has 0 aliphatic heterocycles. The summed E-state index contributed by atoms with van der Waals surface area (Å²) < 4.78 is 49.6. The fraction of sp³-hybridized carbons (Fsp3) is 0.222. The summed E-state index contributed by atoms with van der Waals surface area (Å²) in [7, 11) is -2.63. The van der Waals surface area contributed by atoms with Gasteiger partial charge in [0.1, 0.15) is 11.5 Å². The Morgan fingerprint density at radius 2 is 1.19 bits per heavy atom. The monoisotopic (exact) mass is 519 g/mol. The molecule has 0 amide bonds. The number of rotatable bonds is 8. The van der Waals surface area contributed by atoms with Crippen LogP contribution in [-0.4, -0.2) is 21.5 Å². The third kappa shape index (κ3) is 9.74. The van der Waals surface area contributed by atoms with Crippen molar-refractivity contribution in [3.63, 3.8) is 0 Å². The quantitative estimate of drug-likeness (QED) is 0.184. The summed E-state index contributed by atoms with van der Waals surface area (Å²) in [5.41, 5.74) is 12.3. The average molecular weight is 519 g/mol. The number of anilines is 1. The van der Waals surface area contributed by atoms with Crippen LogP contribution in [0, 0.1) is 0 Å². The Kier molecular flexibility index (Phi) is 11.0. The molecular formula is C27H30BF4NO2S. The molecule has 0 spiro atoms. The first-order chi connectivity index (χ1) is 17.1. The van der Waals surface area contributed by atoms with Gasteiger partial charge < -0.3 is 32.5 Å². The maximum atomic E-state index is 9.75. The first kappa shape index (κ1) is 28.9. The van der Waals surface area contributed by atoms with Gasteiger partial charge in [-0.05, 0) is 64.9 Å². The Morgan fingerprint density at radius 1 is 0.778 bits per heavy atom. The standard InChI is InChI=1S/C27H30NO2S.BF4/c1-5-20(22-7-11-24(29-3)12-8-22)15-19-16-26(31-27(28)17-19)18-21(6-2)23-9-13-25(30-4)14-10-23;2-1(3,4)5/h7-18H,5-6,28H2,1-4H3;/q+1;-1. The lowest BCUT2D eigenvalue weighted by Crippen LogP contribution is -2.02. The molecule has 36 heavy (non-hydrogen) atoms. The Balaban J connectivity index is 0.000000830. The maximum absolute atomic E-state index is 9.75. The summed E-state index contributed by atoms with van der Waals surface area (Å²) >= 11 is 1.60. The minimum atomic E-state index is -6.00. The first-order valence-corrected chi connectivity index (χ1v) is 12.2. The molecule has 3 nitrogen and oxygen atoms in total. The van der Waals surface area contributed by atoms with E-state index in [9.17, 15) is 17.3 Å². The largest absolute Gasteiger partial charge is 0.673 e. The number of nitrogen functional groups attached to an aromatic ring is 1. The van der Waals surface area contributed by atoms with E-state index < -0.39 is 7.25 Å². The molecule has 0 aliphatic carbocycles. The van der Waals surface area contributed by atoms with Crippen molar-refractivity contribution in [1.29, 1.82) is 0 Å². The van der Waals surface area contributed by atoms with Gasteiger partial charge in [-0.1, -0.05) is 44.2 Å². The predicted molar refractivity (Wildman–Crippen MR) is 146 cm³/mol. The van der Waals surface area contributed by atoms with Crippen molar-refractivity contribution in [2.45, 2.75) is 26.7 Å². The lowest BCUT2D eigenvalue weighted by atomic mass is 10.00. The van der Waals surface area contributed by atoms with Crippen molar-refractivity contribution in [2.75, 3.05) is 20.0 Å². The van der Waals surface area contributed by atoms with Crippen molar-refractivity contribution < 1.29 is 26.7 Å². The number of ether oxygens (including phenoxy) is 2. The third-order valence-corrected chi connectivity index (χ3v) is 6.02. The Bertz CT molecular complexity index is 1090. The molecule has 0 saturated heterocycles. The van der Waals surface area contributed by atoms with Gasteiger partial charge in [0.15, 0.2) is 0 Å². The Labute approximate surface area is 214 Å². The lowest BCUT2D eigenvalue weighted by molar-refractivity contribution is 0.368. The zero-order chi connectivity index (χ0) is 26.7. The van der Waals surface area contributed by atoms with Crippen LogP contribution in [0.5, 0.6) is 11.5 Å². The highest BCUT2D eigenvalue weighted by Gasteiger charge is 2.20. The van der Waals surface area contributed by atoms with Crippen LogP contribution in [-0.2, 0) is 0 Å². The van der Waals surface area contributed by atoms with E-state index in [0.717, 1.165) is 39.8 Å². The summed E-state index contributed by atoms with van der Waals surface area (Å²) in [6.45, 7) is 4.34. The van der Waals surface area contributed by atoms with Crippen molar-refractivity contribution in [1.82, 2.24) is 0 Å². The normalized spacial score (nSPS) is 12.0. The van der Waals surface area contributed by atoms with Gasteiger partial charge in [0.05, 0.1) is 14.2 Å². The molecule has 1 heterocycles. The van der Waals surface area contributed by atoms with E-state index in [1.54, 1.807) is 25.6 Å². The van der Waals surface area contributed by atoms with Crippen molar-refractivity contribution in [2.24, 2.45) is 0 Å². The number of benzene rings is 2. The summed E-state index contributed by atoms with van der Waals surface area (Å²) in [4.78, 5) is 1.14. The molecule has 0 radical (unpaired) electrons. The molecule has 2 aromatic carbocycles. The van der Waals surface area contributed by atoms with Crippen LogP contribution in [0.2, 0.25) is 0 Å². The number of allylic oxidation sites excluding steroid dienone is 2. The third-order valence-electron chi connectivity index (χ3n) is 5.19. The maximum Gasteiger partial charge on any atom is 0.673 e. The highest BCUT2D eigenvalue weighted by Crippen LogP contribution is 2.30. The van der Waals surface area contributed by atoms with Crippen molar-refractivity contribution in [3.05, 3.63) is 82.2 Å². The molecule has 0 aliphatic rings. The topological polar surface area (TPSA) is 44.5 Å². The number of hydrogen-bond acceptors (Lipinski definition) is 3. The zero-order valence-electron chi connectivity index (χ0n) is 20.7. The summed E-state index contributed by atoms with van der Waals surface area (Å²) in [5, 5.41) is 0.801. The van der Waals surface area contributed by atoms with Crippen LogP contribution < -0.4 is 15.2 Å². The highest BCUT2D eigenvalue weighted by molar-refractivity contribution is 7.16. The molecule has 1 aromatic heterocycles. The van der Waals surface area contributed by atoms with E-state index >= 15 is 0 Å². The zero-order valence-corrected chi connectivity index (χ0v) is 21.6. The molecule has 3 aromatic rings. The second-order valence-corrected chi connectivity index (χ2v) is 8.84. The molecule has 0 fully saturated rings. The molecule has 0 atom stereocenters. The van der Waals surface area contributed by atoms with Crippen LogP contribution in [0.25, 0.3) is 23.3 Å². The van der Waals surface area contributed by atoms with Crippen LogP contribution in [0.15, 0.2) is 60.7 Å². The number of nitrogens with two attached hydrogens (primary N) is 1. The molecule has 0 saturated carbocycles. The van der Waals surface area contributed by atoms with Gasteiger partial charge in [-0.25, -0.2) is 0 Å². The number of hydrogen-bond donors (Lipinski definition) is 1. The summed E-state index contributed by atoms with van der Waals surface area (Å²) in [6, 6.07) is 20.6. The highest BCUT2D eigenvalue weighted by atomic mass is 32.1. The average Bonchev–Trinajstić information content (AvgIpc) is 2.85. The molecule has 9 heteroatoms. The molecule has 192 valence electrons. The summed E-state index contributed by atoms with van der Waals surface area (Å²) in [5.74, 6) is 1.73. The SMILES string of the molecule is CCC(=Cc1cc(N)[s+]c(C=C(CC)c2ccc(OC)cc2)c1)c1ccc(OC)cc1.F[B-](F)(F)F.